The van der Waals surface area contributed by atoms with Gasteiger partial charge in [0.2, 0.25) is 0 Å². The lowest BCUT2D eigenvalue weighted by molar-refractivity contribution is -0.385. The fourth-order valence-corrected chi connectivity index (χ4v) is 3.06. The van der Waals surface area contributed by atoms with Gasteiger partial charge in [-0.2, -0.15) is 0 Å². The van der Waals surface area contributed by atoms with Gasteiger partial charge in [-0.15, -0.1) is 10.2 Å². The molecular formula is C16H14N4O4S. The molecule has 0 spiro atoms. The lowest BCUT2D eigenvalue weighted by Crippen LogP contribution is -2.05. The van der Waals surface area contributed by atoms with Crippen molar-refractivity contribution in [1.29, 1.82) is 0 Å². The van der Waals surface area contributed by atoms with Gasteiger partial charge in [0.05, 0.1) is 16.9 Å². The monoisotopic (exact) mass is 358 g/mol. The van der Waals surface area contributed by atoms with Gasteiger partial charge in [0.25, 0.3) is 5.69 Å². The smallest absolute Gasteiger partial charge is 0.273 e. The average molecular weight is 358 g/mol. The lowest BCUT2D eigenvalue weighted by atomic mass is 10.1. The standard InChI is InChI=1S/C16H14N4O4S/c1-10-5-6-11(8-12(10)20(22)23)13(21)9-25-16-18-17-15(19(16)2)14-4-3-7-24-14/h3-8H,9H2,1-2H3. The third kappa shape index (κ3) is 3.45. The zero-order valence-electron chi connectivity index (χ0n) is 13.5. The van der Waals surface area contributed by atoms with Crippen molar-refractivity contribution in [3.8, 4) is 11.6 Å². The van der Waals surface area contributed by atoms with E-state index in [-0.39, 0.29) is 17.2 Å². The third-order valence-electron chi connectivity index (χ3n) is 3.64. The summed E-state index contributed by atoms with van der Waals surface area (Å²) in [5.74, 6) is 1.04. The van der Waals surface area contributed by atoms with Gasteiger partial charge in [-0.3, -0.25) is 14.9 Å². The topological polar surface area (TPSA) is 104 Å². The molecule has 0 saturated heterocycles. The number of thioether (sulfide) groups is 1. The maximum Gasteiger partial charge on any atom is 0.273 e. The van der Waals surface area contributed by atoms with Crippen molar-refractivity contribution >= 4 is 23.2 Å². The number of Topliss-reactive ketones (excluding diaryl/α,β-unsaturated/α-hetero) is 1. The van der Waals surface area contributed by atoms with E-state index >= 15 is 0 Å². The second-order valence-corrected chi connectivity index (χ2v) is 6.26. The van der Waals surface area contributed by atoms with Crippen LogP contribution in [0.2, 0.25) is 0 Å². The molecule has 0 aliphatic carbocycles. The zero-order valence-corrected chi connectivity index (χ0v) is 14.3. The van der Waals surface area contributed by atoms with Gasteiger partial charge in [-0.05, 0) is 19.1 Å². The Morgan fingerprint density at radius 3 is 2.84 bits per heavy atom. The summed E-state index contributed by atoms with van der Waals surface area (Å²) in [5.41, 5.74) is 0.762. The highest BCUT2D eigenvalue weighted by Crippen LogP contribution is 2.25. The molecule has 0 saturated carbocycles. The molecule has 2 aromatic heterocycles. The number of nitro benzene ring substituents is 1. The molecule has 2 heterocycles. The number of carbonyl (C=O) groups is 1. The van der Waals surface area contributed by atoms with Gasteiger partial charge in [0, 0.05) is 24.2 Å². The minimum Gasteiger partial charge on any atom is -0.461 e. The number of furan rings is 1. The Morgan fingerprint density at radius 1 is 1.36 bits per heavy atom. The van der Waals surface area contributed by atoms with E-state index in [4.69, 9.17) is 4.42 Å². The highest BCUT2D eigenvalue weighted by Gasteiger charge is 2.17. The van der Waals surface area contributed by atoms with Crippen LogP contribution < -0.4 is 0 Å². The first kappa shape index (κ1) is 16.9. The first-order chi connectivity index (χ1) is 12.0. The predicted molar refractivity (Wildman–Crippen MR) is 91.6 cm³/mol. The second-order valence-electron chi connectivity index (χ2n) is 5.31. The minimum absolute atomic E-state index is 0.0605. The Kier molecular flexibility index (Phi) is 4.66. The minimum atomic E-state index is -0.489. The number of aryl methyl sites for hydroxylation is 1. The van der Waals surface area contributed by atoms with Crippen molar-refractivity contribution in [2.75, 3.05) is 5.75 Å². The maximum atomic E-state index is 12.3. The van der Waals surface area contributed by atoms with Crippen LogP contribution in [0, 0.1) is 17.0 Å². The second kappa shape index (κ2) is 6.89. The molecule has 0 aliphatic heterocycles. The number of hydrogen-bond acceptors (Lipinski definition) is 7. The van der Waals surface area contributed by atoms with Crippen LogP contribution in [0.5, 0.6) is 0 Å². The first-order valence-electron chi connectivity index (χ1n) is 7.31. The molecule has 0 N–H and O–H groups in total. The van der Waals surface area contributed by atoms with E-state index in [1.807, 2.05) is 0 Å². The van der Waals surface area contributed by atoms with Crippen molar-refractivity contribution in [3.63, 3.8) is 0 Å². The summed E-state index contributed by atoms with van der Waals surface area (Å²) < 4.78 is 7.02. The fraction of sp³-hybridized carbons (Fsp3) is 0.188. The zero-order chi connectivity index (χ0) is 18.0. The molecule has 1 aromatic carbocycles. The van der Waals surface area contributed by atoms with Crippen LogP contribution in [0.4, 0.5) is 5.69 Å². The Hall–Kier alpha value is -2.94. The molecule has 3 aromatic rings. The van der Waals surface area contributed by atoms with Gasteiger partial charge in [0.1, 0.15) is 0 Å². The summed E-state index contributed by atoms with van der Waals surface area (Å²) in [7, 11) is 1.78. The number of aromatic nitrogens is 3. The Balaban J connectivity index is 1.73. The number of nitrogens with zero attached hydrogens (tertiary/aromatic N) is 4. The van der Waals surface area contributed by atoms with Crippen LogP contribution in [0.3, 0.4) is 0 Å². The van der Waals surface area contributed by atoms with Crippen LogP contribution in [0.15, 0.2) is 46.2 Å². The summed E-state index contributed by atoms with van der Waals surface area (Å²) in [6.07, 6.45) is 1.55. The Bertz CT molecular complexity index is 934. The van der Waals surface area contributed by atoms with E-state index in [2.05, 4.69) is 10.2 Å². The van der Waals surface area contributed by atoms with Crippen molar-refractivity contribution in [3.05, 3.63) is 57.8 Å². The SMILES string of the molecule is Cc1ccc(C(=O)CSc2nnc(-c3ccco3)n2C)cc1[N+](=O)[O-]. The van der Waals surface area contributed by atoms with Crippen molar-refractivity contribution in [2.24, 2.45) is 7.05 Å². The van der Waals surface area contributed by atoms with E-state index in [9.17, 15) is 14.9 Å². The highest BCUT2D eigenvalue weighted by atomic mass is 32.2. The van der Waals surface area contributed by atoms with E-state index in [0.717, 1.165) is 0 Å². The molecule has 9 heteroatoms. The van der Waals surface area contributed by atoms with E-state index in [1.54, 1.807) is 49.1 Å². The van der Waals surface area contributed by atoms with E-state index in [1.165, 1.54) is 17.8 Å². The van der Waals surface area contributed by atoms with Crippen molar-refractivity contribution in [2.45, 2.75) is 12.1 Å². The molecule has 3 rings (SSSR count). The van der Waals surface area contributed by atoms with Crippen LogP contribution in [-0.4, -0.2) is 31.2 Å². The van der Waals surface area contributed by atoms with Crippen LogP contribution in [0.1, 0.15) is 15.9 Å². The van der Waals surface area contributed by atoms with E-state index < -0.39 is 4.92 Å². The summed E-state index contributed by atoms with van der Waals surface area (Å²) >= 11 is 1.21. The molecule has 0 aliphatic rings. The average Bonchev–Trinajstić information content (AvgIpc) is 3.22. The van der Waals surface area contributed by atoms with Gasteiger partial charge in [-0.1, -0.05) is 23.9 Å². The number of hydrogen-bond donors (Lipinski definition) is 0. The molecular weight excluding hydrogens is 344 g/mol. The predicted octanol–water partition coefficient (Wildman–Crippen LogP) is 3.27. The van der Waals surface area contributed by atoms with Crippen molar-refractivity contribution < 1.29 is 14.1 Å². The van der Waals surface area contributed by atoms with Crippen LogP contribution >= 0.6 is 11.8 Å². The number of nitro groups is 1. The van der Waals surface area contributed by atoms with Gasteiger partial charge in [0.15, 0.2) is 22.5 Å². The number of ketones is 1. The molecule has 0 radical (unpaired) electrons. The van der Waals surface area contributed by atoms with E-state index in [0.29, 0.717) is 27.9 Å². The largest absolute Gasteiger partial charge is 0.461 e. The number of benzene rings is 1. The molecule has 0 fully saturated rings. The number of carbonyl (C=O) groups excluding carboxylic acids is 1. The molecule has 0 atom stereocenters. The number of rotatable bonds is 6. The normalized spacial score (nSPS) is 10.8. The first-order valence-corrected chi connectivity index (χ1v) is 8.30. The third-order valence-corrected chi connectivity index (χ3v) is 4.66. The molecule has 25 heavy (non-hydrogen) atoms. The molecule has 8 nitrogen and oxygen atoms in total. The van der Waals surface area contributed by atoms with Gasteiger partial charge >= 0.3 is 0 Å². The summed E-state index contributed by atoms with van der Waals surface area (Å²) in [4.78, 5) is 22.8. The molecule has 128 valence electrons. The molecule has 0 amide bonds. The Morgan fingerprint density at radius 2 is 2.16 bits per heavy atom. The molecule has 0 unspecified atom stereocenters. The van der Waals surface area contributed by atoms with Gasteiger partial charge < -0.3 is 8.98 Å². The van der Waals surface area contributed by atoms with Crippen LogP contribution in [0.25, 0.3) is 11.6 Å². The summed E-state index contributed by atoms with van der Waals surface area (Å²) in [5, 5.41) is 19.7. The highest BCUT2D eigenvalue weighted by molar-refractivity contribution is 7.99. The summed E-state index contributed by atoms with van der Waals surface area (Å²) in [6, 6.07) is 8.01. The van der Waals surface area contributed by atoms with Crippen molar-refractivity contribution in [1.82, 2.24) is 14.8 Å². The molecule has 0 bridgehead atoms. The fourth-order valence-electron chi connectivity index (χ4n) is 2.25. The van der Waals surface area contributed by atoms with Crippen LogP contribution in [-0.2, 0) is 7.05 Å². The summed E-state index contributed by atoms with van der Waals surface area (Å²) in [6.45, 7) is 1.64. The van der Waals surface area contributed by atoms with Gasteiger partial charge in [-0.25, -0.2) is 0 Å². The maximum absolute atomic E-state index is 12.3. The lowest BCUT2D eigenvalue weighted by Gasteiger charge is -2.04. The quantitative estimate of drug-likeness (QED) is 0.288. The Labute approximate surface area is 147 Å².